The number of hydrogen-bond donors (Lipinski definition) is 2. The van der Waals surface area contributed by atoms with Gasteiger partial charge >= 0.3 is 0 Å². The molecule has 0 aliphatic carbocycles. The van der Waals surface area contributed by atoms with Crippen molar-refractivity contribution in [3.05, 3.63) is 76.7 Å². The Kier molecular flexibility index (Phi) is 5.02. The van der Waals surface area contributed by atoms with Gasteiger partial charge in [-0.2, -0.15) is 5.10 Å². The van der Waals surface area contributed by atoms with Crippen LogP contribution in [0.1, 0.15) is 34.0 Å². The van der Waals surface area contributed by atoms with Crippen molar-refractivity contribution in [2.24, 2.45) is 0 Å². The first kappa shape index (κ1) is 17.7. The Labute approximate surface area is 153 Å². The van der Waals surface area contributed by atoms with E-state index in [0.29, 0.717) is 5.82 Å². The van der Waals surface area contributed by atoms with E-state index in [1.165, 1.54) is 10.2 Å². The monoisotopic (exact) mass is 349 g/mol. The van der Waals surface area contributed by atoms with Crippen molar-refractivity contribution < 1.29 is 4.79 Å². The second kappa shape index (κ2) is 7.39. The minimum atomic E-state index is -0.283. The van der Waals surface area contributed by atoms with Crippen LogP contribution >= 0.6 is 0 Å². The standard InChI is InChI=1S/C20H23N5O/c1-13-6-7-17(14(2)9-13)20(16-5-4-8-22-11-16)23-19(26)12-25-18(21)10-15(3)24-25/h4-11,20H,12,21H2,1-3H3,(H,23,26). The molecule has 134 valence electrons. The van der Waals surface area contributed by atoms with Gasteiger partial charge in [-0.15, -0.1) is 0 Å². The van der Waals surface area contributed by atoms with Gasteiger partial charge in [0.15, 0.2) is 0 Å². The maximum atomic E-state index is 12.7. The molecule has 3 aromatic rings. The molecule has 0 aliphatic heterocycles. The number of amides is 1. The van der Waals surface area contributed by atoms with Gasteiger partial charge in [0.2, 0.25) is 5.91 Å². The van der Waals surface area contributed by atoms with Crippen LogP contribution in [-0.4, -0.2) is 20.7 Å². The zero-order chi connectivity index (χ0) is 18.7. The molecule has 0 aliphatic rings. The van der Waals surface area contributed by atoms with Crippen LogP contribution in [0.4, 0.5) is 5.82 Å². The molecule has 0 bridgehead atoms. The number of hydrogen-bond acceptors (Lipinski definition) is 4. The van der Waals surface area contributed by atoms with Crippen LogP contribution in [0.5, 0.6) is 0 Å². The molecule has 26 heavy (non-hydrogen) atoms. The summed E-state index contributed by atoms with van der Waals surface area (Å²) in [6.45, 7) is 6.02. The molecule has 1 amide bonds. The normalized spacial score (nSPS) is 12.0. The number of benzene rings is 1. The highest BCUT2D eigenvalue weighted by atomic mass is 16.2. The number of rotatable bonds is 5. The van der Waals surface area contributed by atoms with Gasteiger partial charge in [0.1, 0.15) is 12.4 Å². The van der Waals surface area contributed by atoms with E-state index in [2.05, 4.69) is 34.5 Å². The highest BCUT2D eigenvalue weighted by Gasteiger charge is 2.20. The molecule has 6 heteroatoms. The smallest absolute Gasteiger partial charge is 0.242 e. The number of aromatic nitrogens is 3. The predicted octanol–water partition coefficient (Wildman–Crippen LogP) is 2.69. The van der Waals surface area contributed by atoms with E-state index in [0.717, 1.165) is 22.4 Å². The Bertz CT molecular complexity index is 917. The third-order valence-electron chi connectivity index (χ3n) is 4.29. The molecule has 0 saturated carbocycles. The SMILES string of the molecule is Cc1ccc(C(NC(=O)Cn2nc(C)cc2N)c2cccnc2)c(C)c1. The second-order valence-electron chi connectivity index (χ2n) is 6.52. The van der Waals surface area contributed by atoms with Crippen LogP contribution < -0.4 is 11.1 Å². The number of aryl methyl sites for hydroxylation is 3. The molecule has 3 N–H and O–H groups in total. The lowest BCUT2D eigenvalue weighted by Gasteiger charge is -2.22. The molecule has 6 nitrogen and oxygen atoms in total. The topological polar surface area (TPSA) is 85.8 Å². The number of pyridine rings is 1. The van der Waals surface area contributed by atoms with E-state index in [1.807, 2.05) is 32.0 Å². The first-order valence-electron chi connectivity index (χ1n) is 8.50. The fourth-order valence-electron chi connectivity index (χ4n) is 3.07. The molecule has 1 unspecified atom stereocenters. The molecule has 1 aromatic carbocycles. The third kappa shape index (κ3) is 3.91. The van der Waals surface area contributed by atoms with Gasteiger partial charge in [-0.3, -0.25) is 9.78 Å². The molecular weight excluding hydrogens is 326 g/mol. The van der Waals surface area contributed by atoms with E-state index in [1.54, 1.807) is 18.5 Å². The molecule has 0 radical (unpaired) electrons. The summed E-state index contributed by atoms with van der Waals surface area (Å²) < 4.78 is 1.51. The Balaban J connectivity index is 1.89. The van der Waals surface area contributed by atoms with Crippen LogP contribution in [0.25, 0.3) is 0 Å². The Morgan fingerprint density at radius 3 is 2.65 bits per heavy atom. The number of nitrogens with one attached hydrogen (secondary N) is 1. The lowest BCUT2D eigenvalue weighted by Crippen LogP contribution is -2.33. The summed E-state index contributed by atoms with van der Waals surface area (Å²) in [6.07, 6.45) is 3.49. The van der Waals surface area contributed by atoms with Gasteiger partial charge in [-0.1, -0.05) is 29.8 Å². The average molecular weight is 349 g/mol. The van der Waals surface area contributed by atoms with Crippen molar-refractivity contribution in [1.29, 1.82) is 0 Å². The van der Waals surface area contributed by atoms with Crippen LogP contribution in [-0.2, 0) is 11.3 Å². The average Bonchev–Trinajstić information content (AvgIpc) is 2.91. The Morgan fingerprint density at radius 1 is 1.23 bits per heavy atom. The summed E-state index contributed by atoms with van der Waals surface area (Å²) in [6, 6.07) is 11.5. The number of nitrogens with zero attached hydrogens (tertiary/aromatic N) is 3. The Hall–Kier alpha value is -3.15. The molecule has 0 saturated heterocycles. The first-order chi connectivity index (χ1) is 12.4. The lowest BCUT2D eigenvalue weighted by molar-refractivity contribution is -0.122. The number of nitrogens with two attached hydrogens (primary N) is 1. The summed E-state index contributed by atoms with van der Waals surface area (Å²) in [4.78, 5) is 16.9. The van der Waals surface area contributed by atoms with Gasteiger partial charge in [-0.25, -0.2) is 4.68 Å². The zero-order valence-corrected chi connectivity index (χ0v) is 15.2. The zero-order valence-electron chi connectivity index (χ0n) is 15.2. The van der Waals surface area contributed by atoms with Crippen LogP contribution in [0.2, 0.25) is 0 Å². The highest BCUT2D eigenvalue weighted by Crippen LogP contribution is 2.25. The number of nitrogen functional groups attached to an aromatic ring is 1. The minimum Gasteiger partial charge on any atom is -0.384 e. The molecule has 2 aromatic heterocycles. The van der Waals surface area contributed by atoms with Crippen LogP contribution in [0.15, 0.2) is 48.8 Å². The predicted molar refractivity (Wildman–Crippen MR) is 102 cm³/mol. The summed E-state index contributed by atoms with van der Waals surface area (Å²) >= 11 is 0. The van der Waals surface area contributed by atoms with Crippen molar-refractivity contribution in [1.82, 2.24) is 20.1 Å². The van der Waals surface area contributed by atoms with Gasteiger partial charge in [0.25, 0.3) is 0 Å². The van der Waals surface area contributed by atoms with E-state index in [4.69, 9.17) is 5.73 Å². The Morgan fingerprint density at radius 2 is 2.04 bits per heavy atom. The first-order valence-corrected chi connectivity index (χ1v) is 8.50. The maximum Gasteiger partial charge on any atom is 0.242 e. The summed E-state index contributed by atoms with van der Waals surface area (Å²) in [7, 11) is 0. The number of carbonyl (C=O) groups is 1. The van der Waals surface area contributed by atoms with E-state index in [9.17, 15) is 4.79 Å². The van der Waals surface area contributed by atoms with Gasteiger partial charge < -0.3 is 11.1 Å². The van der Waals surface area contributed by atoms with E-state index < -0.39 is 0 Å². The molecule has 0 spiro atoms. The van der Waals surface area contributed by atoms with Gasteiger partial charge in [-0.05, 0) is 43.5 Å². The summed E-state index contributed by atoms with van der Waals surface area (Å²) in [5, 5.41) is 7.35. The molecular formula is C20H23N5O. The number of anilines is 1. The quantitative estimate of drug-likeness (QED) is 0.741. The third-order valence-corrected chi connectivity index (χ3v) is 4.29. The summed E-state index contributed by atoms with van der Waals surface area (Å²) in [5.74, 6) is 0.315. The van der Waals surface area contributed by atoms with E-state index in [-0.39, 0.29) is 18.5 Å². The van der Waals surface area contributed by atoms with Crippen molar-refractivity contribution in [2.45, 2.75) is 33.4 Å². The van der Waals surface area contributed by atoms with Gasteiger partial charge in [0.05, 0.1) is 11.7 Å². The minimum absolute atomic E-state index is 0.0708. The summed E-state index contributed by atoms with van der Waals surface area (Å²) in [5.41, 5.74) is 11.0. The fourth-order valence-corrected chi connectivity index (χ4v) is 3.07. The van der Waals surface area contributed by atoms with Crippen molar-refractivity contribution in [3.8, 4) is 0 Å². The molecule has 1 atom stereocenters. The highest BCUT2D eigenvalue weighted by molar-refractivity contribution is 5.77. The van der Waals surface area contributed by atoms with Crippen molar-refractivity contribution in [2.75, 3.05) is 5.73 Å². The van der Waals surface area contributed by atoms with Crippen molar-refractivity contribution in [3.63, 3.8) is 0 Å². The second-order valence-corrected chi connectivity index (χ2v) is 6.52. The van der Waals surface area contributed by atoms with Crippen LogP contribution in [0.3, 0.4) is 0 Å². The number of carbonyl (C=O) groups excluding carboxylic acids is 1. The largest absolute Gasteiger partial charge is 0.384 e. The van der Waals surface area contributed by atoms with Crippen LogP contribution in [0, 0.1) is 20.8 Å². The lowest BCUT2D eigenvalue weighted by atomic mass is 9.94. The van der Waals surface area contributed by atoms with Crippen molar-refractivity contribution >= 4 is 11.7 Å². The molecule has 3 rings (SSSR count). The maximum absolute atomic E-state index is 12.7. The molecule has 0 fully saturated rings. The molecule has 2 heterocycles. The van der Waals surface area contributed by atoms with E-state index >= 15 is 0 Å². The fraction of sp³-hybridized carbons (Fsp3) is 0.250. The van der Waals surface area contributed by atoms with Gasteiger partial charge in [0, 0.05) is 18.5 Å².